The molecular formula is C10H17N7O. The van der Waals surface area contributed by atoms with E-state index in [1.54, 1.807) is 0 Å². The van der Waals surface area contributed by atoms with E-state index < -0.39 is 11.9 Å². The molecule has 0 aliphatic carbocycles. The Morgan fingerprint density at radius 2 is 2.39 bits per heavy atom. The van der Waals surface area contributed by atoms with Crippen molar-refractivity contribution < 1.29 is 4.79 Å². The molecule has 0 saturated carbocycles. The van der Waals surface area contributed by atoms with Gasteiger partial charge < -0.3 is 11.1 Å². The van der Waals surface area contributed by atoms with Crippen molar-refractivity contribution in [1.29, 1.82) is 0 Å². The van der Waals surface area contributed by atoms with Crippen LogP contribution in [0.25, 0.3) is 10.4 Å². The quantitative estimate of drug-likeness (QED) is 0.287. The normalized spacial score (nSPS) is 11.9. The van der Waals surface area contributed by atoms with E-state index in [1.165, 1.54) is 0 Å². The van der Waals surface area contributed by atoms with Crippen molar-refractivity contribution in [2.45, 2.75) is 26.3 Å². The van der Waals surface area contributed by atoms with Gasteiger partial charge >= 0.3 is 0 Å². The highest BCUT2D eigenvalue weighted by Gasteiger charge is 2.22. The average molecular weight is 251 g/mol. The topological polar surface area (TPSA) is 133 Å². The molecule has 1 rings (SSSR count). The van der Waals surface area contributed by atoms with Crippen LogP contribution in [-0.2, 0) is 4.79 Å². The molecule has 0 spiro atoms. The van der Waals surface area contributed by atoms with E-state index >= 15 is 0 Å². The van der Waals surface area contributed by atoms with Crippen LogP contribution in [0.1, 0.15) is 29.4 Å². The molecule has 0 aliphatic heterocycles. The van der Waals surface area contributed by atoms with Crippen molar-refractivity contribution >= 4 is 5.91 Å². The van der Waals surface area contributed by atoms with Crippen LogP contribution in [0.2, 0.25) is 0 Å². The van der Waals surface area contributed by atoms with E-state index in [0.717, 1.165) is 17.0 Å². The van der Waals surface area contributed by atoms with Crippen molar-refractivity contribution in [3.8, 4) is 0 Å². The molecule has 1 aromatic rings. The van der Waals surface area contributed by atoms with E-state index in [1.807, 2.05) is 13.8 Å². The summed E-state index contributed by atoms with van der Waals surface area (Å²) >= 11 is 0. The molecule has 98 valence electrons. The number of primary amides is 1. The largest absolute Gasteiger partial charge is 0.368 e. The number of azide groups is 1. The van der Waals surface area contributed by atoms with Crippen LogP contribution in [0.5, 0.6) is 0 Å². The molecule has 8 nitrogen and oxygen atoms in total. The molecule has 0 bridgehead atoms. The predicted molar refractivity (Wildman–Crippen MR) is 66.6 cm³/mol. The van der Waals surface area contributed by atoms with E-state index in [2.05, 4.69) is 25.5 Å². The Morgan fingerprint density at radius 1 is 1.67 bits per heavy atom. The van der Waals surface area contributed by atoms with Crippen molar-refractivity contribution in [2.75, 3.05) is 13.1 Å². The SMILES string of the molecule is Cc1n[nH]c(C)c1C(NCCCN=[N+]=[N-])C(N)=O. The molecule has 0 saturated heterocycles. The number of nitrogens with zero attached hydrogens (tertiary/aromatic N) is 4. The Balaban J connectivity index is 2.67. The maximum Gasteiger partial charge on any atom is 0.239 e. The van der Waals surface area contributed by atoms with Gasteiger partial charge in [-0.1, -0.05) is 5.11 Å². The van der Waals surface area contributed by atoms with Crippen LogP contribution in [0.3, 0.4) is 0 Å². The molecule has 1 unspecified atom stereocenters. The lowest BCUT2D eigenvalue weighted by molar-refractivity contribution is -0.120. The Morgan fingerprint density at radius 3 is 2.89 bits per heavy atom. The second kappa shape index (κ2) is 6.63. The number of rotatable bonds is 7. The van der Waals surface area contributed by atoms with Gasteiger partial charge in [-0.2, -0.15) is 5.10 Å². The van der Waals surface area contributed by atoms with Crippen molar-refractivity contribution in [3.63, 3.8) is 0 Å². The zero-order valence-corrected chi connectivity index (χ0v) is 10.5. The summed E-state index contributed by atoms with van der Waals surface area (Å²) in [6.07, 6.45) is 0.643. The van der Waals surface area contributed by atoms with Gasteiger partial charge in [0, 0.05) is 22.7 Å². The first-order chi connectivity index (χ1) is 8.57. The fourth-order valence-corrected chi connectivity index (χ4v) is 1.77. The third-order valence-corrected chi connectivity index (χ3v) is 2.60. The van der Waals surface area contributed by atoms with Gasteiger partial charge in [0.05, 0.1) is 5.69 Å². The summed E-state index contributed by atoms with van der Waals surface area (Å²) in [5.41, 5.74) is 15.9. The number of hydrogen-bond acceptors (Lipinski definition) is 4. The third-order valence-electron chi connectivity index (χ3n) is 2.60. The number of amides is 1. The highest BCUT2D eigenvalue weighted by atomic mass is 16.1. The van der Waals surface area contributed by atoms with E-state index in [9.17, 15) is 4.79 Å². The standard InChI is InChI=1S/C10H17N7O/c1-6-8(7(2)16-15-6)9(10(11)18)13-4-3-5-14-17-12/h9,13H,3-5H2,1-2H3,(H2,11,18)(H,15,16). The van der Waals surface area contributed by atoms with Crippen LogP contribution in [0.15, 0.2) is 5.11 Å². The van der Waals surface area contributed by atoms with Crippen LogP contribution in [-0.4, -0.2) is 29.2 Å². The first kappa shape index (κ1) is 14.0. The summed E-state index contributed by atoms with van der Waals surface area (Å²) < 4.78 is 0. The van der Waals surface area contributed by atoms with Gasteiger partial charge in [-0.15, -0.1) is 0 Å². The molecule has 0 fully saturated rings. The first-order valence-corrected chi connectivity index (χ1v) is 5.63. The number of H-pyrrole nitrogens is 1. The van der Waals surface area contributed by atoms with Crippen LogP contribution < -0.4 is 11.1 Å². The van der Waals surface area contributed by atoms with Crippen LogP contribution in [0, 0.1) is 13.8 Å². The Bertz CT molecular complexity index is 441. The zero-order valence-electron chi connectivity index (χ0n) is 10.5. The number of nitrogens with two attached hydrogens (primary N) is 1. The molecule has 1 atom stereocenters. The van der Waals surface area contributed by atoms with E-state index in [4.69, 9.17) is 11.3 Å². The van der Waals surface area contributed by atoms with Gasteiger partial charge in [-0.3, -0.25) is 9.89 Å². The minimum absolute atomic E-state index is 0.387. The number of carbonyl (C=O) groups is 1. The highest BCUT2D eigenvalue weighted by Crippen LogP contribution is 2.19. The average Bonchev–Trinajstić information content (AvgIpc) is 2.64. The molecule has 0 aliphatic rings. The summed E-state index contributed by atoms with van der Waals surface area (Å²) in [5.74, 6) is -0.452. The Kier molecular flexibility index (Phi) is 5.16. The molecular weight excluding hydrogens is 234 g/mol. The molecule has 8 heteroatoms. The van der Waals surface area contributed by atoms with Gasteiger partial charge in [0.15, 0.2) is 0 Å². The van der Waals surface area contributed by atoms with Gasteiger partial charge in [0.1, 0.15) is 6.04 Å². The van der Waals surface area contributed by atoms with Gasteiger partial charge in [0.2, 0.25) is 5.91 Å². The van der Waals surface area contributed by atoms with E-state index in [0.29, 0.717) is 19.5 Å². The van der Waals surface area contributed by atoms with Crippen molar-refractivity contribution in [2.24, 2.45) is 10.8 Å². The lowest BCUT2D eigenvalue weighted by atomic mass is 10.0. The van der Waals surface area contributed by atoms with Crippen LogP contribution >= 0.6 is 0 Å². The second-order valence-corrected chi connectivity index (χ2v) is 3.95. The third kappa shape index (κ3) is 3.47. The van der Waals surface area contributed by atoms with E-state index in [-0.39, 0.29) is 0 Å². The number of aromatic amines is 1. The maximum absolute atomic E-state index is 11.5. The minimum Gasteiger partial charge on any atom is -0.368 e. The summed E-state index contributed by atoms with van der Waals surface area (Å²) in [7, 11) is 0. The number of nitrogens with one attached hydrogen (secondary N) is 2. The van der Waals surface area contributed by atoms with Gasteiger partial charge in [-0.05, 0) is 32.3 Å². The predicted octanol–water partition coefficient (Wildman–Crippen LogP) is 0.843. The molecule has 0 aromatic carbocycles. The van der Waals surface area contributed by atoms with Crippen molar-refractivity contribution in [1.82, 2.24) is 15.5 Å². The smallest absolute Gasteiger partial charge is 0.239 e. The fraction of sp³-hybridized carbons (Fsp3) is 0.600. The van der Waals surface area contributed by atoms with Gasteiger partial charge in [-0.25, -0.2) is 0 Å². The summed E-state index contributed by atoms with van der Waals surface area (Å²) in [5, 5.41) is 13.3. The van der Waals surface area contributed by atoms with Crippen LogP contribution in [0.4, 0.5) is 0 Å². The monoisotopic (exact) mass is 251 g/mol. The fourth-order valence-electron chi connectivity index (χ4n) is 1.77. The summed E-state index contributed by atoms with van der Waals surface area (Å²) in [6.45, 7) is 4.58. The first-order valence-electron chi connectivity index (χ1n) is 5.63. The Labute approximate surface area is 105 Å². The molecule has 0 radical (unpaired) electrons. The van der Waals surface area contributed by atoms with Crippen molar-refractivity contribution in [3.05, 3.63) is 27.4 Å². The molecule has 1 aromatic heterocycles. The summed E-state index contributed by atoms with van der Waals surface area (Å²) in [6, 6.07) is -0.574. The van der Waals surface area contributed by atoms with Gasteiger partial charge in [0.25, 0.3) is 0 Å². The number of aromatic nitrogens is 2. The molecule has 1 amide bonds. The Hall–Kier alpha value is -2.05. The molecule has 1 heterocycles. The maximum atomic E-state index is 11.5. The lowest BCUT2D eigenvalue weighted by Crippen LogP contribution is -2.35. The zero-order chi connectivity index (χ0) is 13.5. The number of aryl methyl sites for hydroxylation is 2. The molecule has 18 heavy (non-hydrogen) atoms. The summed E-state index contributed by atoms with van der Waals surface area (Å²) in [4.78, 5) is 14.1. The number of carbonyl (C=O) groups excluding carboxylic acids is 1. The lowest BCUT2D eigenvalue weighted by Gasteiger charge is -2.15. The molecule has 4 N–H and O–H groups in total. The highest BCUT2D eigenvalue weighted by molar-refractivity contribution is 5.82. The minimum atomic E-state index is -0.574. The number of hydrogen-bond donors (Lipinski definition) is 3. The second-order valence-electron chi connectivity index (χ2n) is 3.95.